The number of hydrogen-bond donors (Lipinski definition) is 2. The molecule has 0 radical (unpaired) electrons. The van der Waals surface area contributed by atoms with Crippen LogP contribution in [-0.2, 0) is 9.53 Å². The lowest BCUT2D eigenvalue weighted by Gasteiger charge is -2.12. The number of carbonyl (C=O) groups excluding carboxylic acids is 3. The molecule has 0 saturated heterocycles. The quantitative estimate of drug-likeness (QED) is 0.687. The minimum Gasteiger partial charge on any atom is -0.459 e. The molecule has 26 heavy (non-hydrogen) atoms. The van der Waals surface area contributed by atoms with Crippen molar-refractivity contribution in [3.63, 3.8) is 0 Å². The maximum atomic E-state index is 12.2. The number of rotatable bonds is 8. The monoisotopic (exact) mass is 378 g/mol. The van der Waals surface area contributed by atoms with Crippen LogP contribution in [0.15, 0.2) is 28.9 Å². The first-order valence-electron chi connectivity index (χ1n) is 8.32. The summed E-state index contributed by atoms with van der Waals surface area (Å²) in [6.45, 7) is 5.34. The molecule has 2 aromatic heterocycles. The van der Waals surface area contributed by atoms with Gasteiger partial charge in [-0.2, -0.15) is 0 Å². The van der Waals surface area contributed by atoms with E-state index in [0.717, 1.165) is 24.2 Å². The number of nitrogens with one attached hydrogen (secondary N) is 2. The second-order valence-corrected chi connectivity index (χ2v) is 6.94. The molecule has 0 fully saturated rings. The third-order valence-corrected chi connectivity index (χ3v) is 4.68. The maximum Gasteiger partial charge on any atom is 0.349 e. The number of hydrogen-bond acceptors (Lipinski definition) is 6. The van der Waals surface area contributed by atoms with E-state index in [1.54, 1.807) is 25.1 Å². The van der Waals surface area contributed by atoms with Crippen molar-refractivity contribution in [2.75, 3.05) is 11.9 Å². The van der Waals surface area contributed by atoms with Crippen LogP contribution >= 0.6 is 11.3 Å². The van der Waals surface area contributed by atoms with E-state index in [0.29, 0.717) is 15.4 Å². The molecule has 2 aromatic rings. The lowest BCUT2D eigenvalue weighted by Crippen LogP contribution is -2.35. The molecule has 0 spiro atoms. The Balaban J connectivity index is 1.90. The SMILES string of the molecule is CCCC(C)NC(=O)COC(=O)c1sc(NC(=O)c2ccco2)cc1C. The van der Waals surface area contributed by atoms with Gasteiger partial charge in [0.25, 0.3) is 11.8 Å². The largest absolute Gasteiger partial charge is 0.459 e. The predicted octanol–water partition coefficient (Wildman–Crippen LogP) is 3.36. The van der Waals surface area contributed by atoms with Crippen molar-refractivity contribution >= 4 is 34.1 Å². The Hall–Kier alpha value is -2.61. The summed E-state index contributed by atoms with van der Waals surface area (Å²) < 4.78 is 10.1. The molecule has 0 saturated carbocycles. The van der Waals surface area contributed by atoms with Gasteiger partial charge in [-0.25, -0.2) is 4.79 Å². The number of esters is 1. The maximum absolute atomic E-state index is 12.2. The van der Waals surface area contributed by atoms with Gasteiger partial charge in [-0.05, 0) is 44.0 Å². The smallest absolute Gasteiger partial charge is 0.349 e. The number of furan rings is 1. The summed E-state index contributed by atoms with van der Waals surface area (Å²) in [4.78, 5) is 36.3. The highest BCUT2D eigenvalue weighted by Crippen LogP contribution is 2.27. The molecule has 140 valence electrons. The Morgan fingerprint density at radius 2 is 2.12 bits per heavy atom. The van der Waals surface area contributed by atoms with E-state index in [-0.39, 0.29) is 24.3 Å². The first kappa shape index (κ1) is 19.7. The van der Waals surface area contributed by atoms with Crippen LogP contribution in [0, 0.1) is 6.92 Å². The molecule has 2 heterocycles. The molecule has 2 rings (SSSR count). The van der Waals surface area contributed by atoms with Crippen LogP contribution in [0.3, 0.4) is 0 Å². The number of aryl methyl sites for hydroxylation is 1. The number of thiophene rings is 1. The van der Waals surface area contributed by atoms with E-state index in [9.17, 15) is 14.4 Å². The van der Waals surface area contributed by atoms with E-state index >= 15 is 0 Å². The molecule has 0 aliphatic heterocycles. The van der Waals surface area contributed by atoms with Crippen LogP contribution in [0.25, 0.3) is 0 Å². The fraction of sp³-hybridized carbons (Fsp3) is 0.389. The molecule has 0 bridgehead atoms. The Bertz CT molecular complexity index is 767. The molecule has 0 aromatic carbocycles. The van der Waals surface area contributed by atoms with Crippen LogP contribution in [0.2, 0.25) is 0 Å². The second-order valence-electron chi connectivity index (χ2n) is 5.89. The van der Waals surface area contributed by atoms with Crippen molar-refractivity contribution in [1.82, 2.24) is 5.32 Å². The lowest BCUT2D eigenvalue weighted by atomic mass is 10.2. The number of amides is 2. The normalized spacial score (nSPS) is 11.7. The zero-order chi connectivity index (χ0) is 19.1. The second kappa shape index (κ2) is 9.19. The van der Waals surface area contributed by atoms with Crippen molar-refractivity contribution in [3.8, 4) is 0 Å². The van der Waals surface area contributed by atoms with Gasteiger partial charge in [-0.1, -0.05) is 13.3 Å². The van der Waals surface area contributed by atoms with Crippen molar-refractivity contribution in [2.45, 2.75) is 39.7 Å². The minimum atomic E-state index is -0.593. The minimum absolute atomic E-state index is 0.0399. The van der Waals surface area contributed by atoms with E-state index in [1.807, 2.05) is 13.8 Å². The molecule has 7 nitrogen and oxygen atoms in total. The third-order valence-electron chi connectivity index (χ3n) is 3.55. The first-order valence-corrected chi connectivity index (χ1v) is 9.14. The van der Waals surface area contributed by atoms with Crippen LogP contribution in [0.4, 0.5) is 5.00 Å². The molecule has 0 aliphatic rings. The number of carbonyl (C=O) groups is 3. The lowest BCUT2D eigenvalue weighted by molar-refractivity contribution is -0.124. The summed E-state index contributed by atoms with van der Waals surface area (Å²) in [7, 11) is 0. The Morgan fingerprint density at radius 1 is 1.35 bits per heavy atom. The van der Waals surface area contributed by atoms with Crippen molar-refractivity contribution in [2.24, 2.45) is 0 Å². The Kier molecular flexibility index (Phi) is 6.97. The fourth-order valence-corrected chi connectivity index (χ4v) is 3.31. The highest BCUT2D eigenvalue weighted by atomic mass is 32.1. The predicted molar refractivity (Wildman–Crippen MR) is 98.5 cm³/mol. The van der Waals surface area contributed by atoms with Gasteiger partial charge in [0, 0.05) is 6.04 Å². The Labute approximate surface area is 155 Å². The van der Waals surface area contributed by atoms with Gasteiger partial charge >= 0.3 is 5.97 Å². The standard InChI is InChI=1S/C18H22N2O5S/c1-4-6-12(3)19-14(21)10-25-18(23)16-11(2)9-15(26-16)20-17(22)13-7-5-8-24-13/h5,7-9,12H,4,6,10H2,1-3H3,(H,19,21)(H,20,22). The third kappa shape index (κ3) is 5.45. The zero-order valence-electron chi connectivity index (χ0n) is 15.0. The van der Waals surface area contributed by atoms with Crippen molar-refractivity contribution < 1.29 is 23.5 Å². The van der Waals surface area contributed by atoms with Gasteiger partial charge < -0.3 is 19.8 Å². The summed E-state index contributed by atoms with van der Waals surface area (Å²) in [6, 6.07) is 4.87. The topological polar surface area (TPSA) is 97.6 Å². The highest BCUT2D eigenvalue weighted by Gasteiger charge is 2.19. The average Bonchev–Trinajstić information content (AvgIpc) is 3.22. The average molecular weight is 378 g/mol. The van der Waals surface area contributed by atoms with Gasteiger partial charge in [-0.3, -0.25) is 9.59 Å². The van der Waals surface area contributed by atoms with Gasteiger partial charge in [0.15, 0.2) is 12.4 Å². The van der Waals surface area contributed by atoms with Crippen molar-refractivity contribution in [3.05, 3.63) is 40.7 Å². The summed E-state index contributed by atoms with van der Waals surface area (Å²) in [6.07, 6.45) is 3.23. The zero-order valence-corrected chi connectivity index (χ0v) is 15.8. The molecule has 1 atom stereocenters. The van der Waals surface area contributed by atoms with Gasteiger partial charge in [0.2, 0.25) is 0 Å². The first-order chi connectivity index (χ1) is 12.4. The van der Waals surface area contributed by atoms with E-state index in [1.165, 1.54) is 6.26 Å². The molecule has 8 heteroatoms. The van der Waals surface area contributed by atoms with Gasteiger partial charge in [0.1, 0.15) is 4.88 Å². The van der Waals surface area contributed by atoms with E-state index in [4.69, 9.17) is 9.15 Å². The summed E-state index contributed by atoms with van der Waals surface area (Å²) in [5, 5.41) is 5.93. The van der Waals surface area contributed by atoms with Crippen LogP contribution in [-0.4, -0.2) is 30.4 Å². The van der Waals surface area contributed by atoms with Crippen LogP contribution < -0.4 is 10.6 Å². The van der Waals surface area contributed by atoms with Crippen LogP contribution in [0.5, 0.6) is 0 Å². The summed E-state index contributed by atoms with van der Waals surface area (Å²) in [5.74, 6) is -1.15. The van der Waals surface area contributed by atoms with E-state index < -0.39 is 11.9 Å². The van der Waals surface area contributed by atoms with E-state index in [2.05, 4.69) is 10.6 Å². The molecule has 2 N–H and O–H groups in total. The number of anilines is 1. The number of ether oxygens (including phenoxy) is 1. The molecule has 2 amide bonds. The van der Waals surface area contributed by atoms with Gasteiger partial charge in [0.05, 0.1) is 11.3 Å². The molecular weight excluding hydrogens is 356 g/mol. The van der Waals surface area contributed by atoms with Gasteiger partial charge in [-0.15, -0.1) is 11.3 Å². The highest BCUT2D eigenvalue weighted by molar-refractivity contribution is 7.18. The summed E-state index contributed by atoms with van der Waals surface area (Å²) >= 11 is 1.09. The molecule has 0 aliphatic carbocycles. The van der Waals surface area contributed by atoms with Crippen molar-refractivity contribution in [1.29, 1.82) is 0 Å². The van der Waals surface area contributed by atoms with Crippen LogP contribution in [0.1, 0.15) is 52.5 Å². The molecule has 1 unspecified atom stereocenters. The summed E-state index contributed by atoms with van der Waals surface area (Å²) in [5.41, 5.74) is 0.662. The molecular formula is C18H22N2O5S. The Morgan fingerprint density at radius 3 is 2.77 bits per heavy atom. The fourth-order valence-electron chi connectivity index (χ4n) is 2.35.